The lowest BCUT2D eigenvalue weighted by atomic mass is 10.1. The zero-order chi connectivity index (χ0) is 13.3. The molecular weight excluding hydrogens is 294 g/mol. The van der Waals surface area contributed by atoms with Crippen LogP contribution < -0.4 is 5.32 Å². The number of nitrogens with one attached hydrogen (secondary N) is 1. The molecule has 0 fully saturated rings. The van der Waals surface area contributed by atoms with Gasteiger partial charge < -0.3 is 5.32 Å². The van der Waals surface area contributed by atoms with Gasteiger partial charge in [-0.2, -0.15) is 10.2 Å². The summed E-state index contributed by atoms with van der Waals surface area (Å²) in [4.78, 5) is 0. The summed E-state index contributed by atoms with van der Waals surface area (Å²) < 4.78 is 4.92. The number of rotatable bonds is 4. The first-order valence-electron chi connectivity index (χ1n) is 5.87. The first-order chi connectivity index (χ1) is 8.54. The number of nitrogens with zero attached hydrogens (tertiary/aromatic N) is 4. The first kappa shape index (κ1) is 13.3. The van der Waals surface area contributed by atoms with Crippen molar-refractivity contribution in [2.75, 3.05) is 7.05 Å². The minimum absolute atomic E-state index is 0.226. The maximum atomic E-state index is 4.42. The lowest BCUT2D eigenvalue weighted by molar-refractivity contribution is 0.518. The highest BCUT2D eigenvalue weighted by Crippen LogP contribution is 2.25. The lowest BCUT2D eigenvalue weighted by Gasteiger charge is -2.17. The fourth-order valence-corrected chi connectivity index (χ4v) is 2.67. The Morgan fingerprint density at radius 1 is 1.39 bits per heavy atom. The van der Waals surface area contributed by atoms with Crippen molar-refractivity contribution in [1.82, 2.24) is 24.9 Å². The van der Waals surface area contributed by atoms with Crippen molar-refractivity contribution in [3.05, 3.63) is 33.8 Å². The second-order valence-corrected chi connectivity index (χ2v) is 5.19. The van der Waals surface area contributed by atoms with Crippen molar-refractivity contribution in [3.63, 3.8) is 0 Å². The van der Waals surface area contributed by atoms with E-state index in [9.17, 15) is 0 Å². The maximum absolute atomic E-state index is 4.42. The highest BCUT2D eigenvalue weighted by molar-refractivity contribution is 9.10. The Morgan fingerprint density at radius 2 is 2.11 bits per heavy atom. The lowest BCUT2D eigenvalue weighted by Crippen LogP contribution is -2.22. The number of hydrogen-bond acceptors (Lipinski definition) is 3. The summed E-state index contributed by atoms with van der Waals surface area (Å²) in [5.41, 5.74) is 3.38. The van der Waals surface area contributed by atoms with E-state index in [-0.39, 0.29) is 6.04 Å². The molecule has 0 aliphatic rings. The van der Waals surface area contributed by atoms with Gasteiger partial charge in [0.05, 0.1) is 27.6 Å². The van der Waals surface area contributed by atoms with Crippen molar-refractivity contribution >= 4 is 15.9 Å². The van der Waals surface area contributed by atoms with Gasteiger partial charge in [0.25, 0.3) is 0 Å². The summed E-state index contributed by atoms with van der Waals surface area (Å²) in [5, 5.41) is 12.0. The number of halogens is 1. The summed E-state index contributed by atoms with van der Waals surface area (Å²) >= 11 is 3.61. The van der Waals surface area contributed by atoms with Crippen LogP contribution in [0.4, 0.5) is 0 Å². The number of aromatic nitrogens is 4. The molecule has 0 radical (unpaired) electrons. The molecule has 0 aliphatic carbocycles. The van der Waals surface area contributed by atoms with Crippen LogP contribution in [0, 0.1) is 6.92 Å². The molecule has 2 rings (SSSR count). The van der Waals surface area contributed by atoms with Crippen LogP contribution in [0.25, 0.3) is 0 Å². The minimum Gasteiger partial charge on any atom is -0.311 e. The predicted molar refractivity (Wildman–Crippen MR) is 74.4 cm³/mol. The van der Waals surface area contributed by atoms with Crippen LogP contribution in [0.2, 0.25) is 0 Å². The summed E-state index contributed by atoms with van der Waals surface area (Å²) in [7, 11) is 5.90. The molecule has 2 aromatic heterocycles. The second kappa shape index (κ2) is 5.24. The van der Waals surface area contributed by atoms with Crippen molar-refractivity contribution < 1.29 is 0 Å². The molecule has 98 valence electrons. The average Bonchev–Trinajstić information content (AvgIpc) is 2.84. The molecule has 0 amide bonds. The molecule has 1 N–H and O–H groups in total. The van der Waals surface area contributed by atoms with E-state index in [0.29, 0.717) is 0 Å². The Labute approximate surface area is 115 Å². The van der Waals surface area contributed by atoms with Crippen LogP contribution >= 0.6 is 15.9 Å². The van der Waals surface area contributed by atoms with Crippen LogP contribution in [-0.2, 0) is 20.5 Å². The van der Waals surface area contributed by atoms with Gasteiger partial charge in [-0.15, -0.1) is 0 Å². The average molecular weight is 312 g/mol. The number of hydrogen-bond donors (Lipinski definition) is 1. The summed E-state index contributed by atoms with van der Waals surface area (Å²) in [6.45, 7) is 2.01. The van der Waals surface area contributed by atoms with Crippen molar-refractivity contribution in [3.8, 4) is 0 Å². The van der Waals surface area contributed by atoms with E-state index in [1.165, 1.54) is 11.4 Å². The molecule has 0 aliphatic heterocycles. The Morgan fingerprint density at radius 3 is 2.56 bits per heavy atom. The van der Waals surface area contributed by atoms with Gasteiger partial charge in [-0.1, -0.05) is 0 Å². The zero-order valence-electron chi connectivity index (χ0n) is 11.1. The van der Waals surface area contributed by atoms with Crippen LogP contribution in [-0.4, -0.2) is 26.6 Å². The van der Waals surface area contributed by atoms with Gasteiger partial charge in [-0.05, 0) is 36.0 Å². The maximum Gasteiger partial charge on any atom is 0.0738 e. The van der Waals surface area contributed by atoms with E-state index in [4.69, 9.17) is 0 Å². The Kier molecular flexibility index (Phi) is 3.87. The quantitative estimate of drug-likeness (QED) is 0.935. The largest absolute Gasteiger partial charge is 0.311 e. The molecule has 5 nitrogen and oxygen atoms in total. The van der Waals surface area contributed by atoms with Gasteiger partial charge in [-0.25, -0.2) is 0 Å². The molecule has 0 aromatic carbocycles. The van der Waals surface area contributed by atoms with Gasteiger partial charge in [-0.3, -0.25) is 9.36 Å². The molecule has 1 unspecified atom stereocenters. The van der Waals surface area contributed by atoms with Crippen LogP contribution in [0.5, 0.6) is 0 Å². The van der Waals surface area contributed by atoms with Gasteiger partial charge in [0, 0.05) is 26.7 Å². The van der Waals surface area contributed by atoms with E-state index < -0.39 is 0 Å². The van der Waals surface area contributed by atoms with Gasteiger partial charge in [0.2, 0.25) is 0 Å². The normalized spacial score (nSPS) is 12.9. The molecule has 0 spiro atoms. The van der Waals surface area contributed by atoms with E-state index in [1.807, 2.05) is 49.7 Å². The standard InChI is InChI=1S/C12H18BrN5/c1-8-12(13)11(18(4)16-8)7-9(14-2)10-5-6-15-17(10)3/h5-6,9,14H,7H2,1-4H3. The van der Waals surface area contributed by atoms with Crippen LogP contribution in [0.3, 0.4) is 0 Å². The molecule has 18 heavy (non-hydrogen) atoms. The van der Waals surface area contributed by atoms with E-state index in [1.54, 1.807) is 0 Å². The fourth-order valence-electron chi connectivity index (χ4n) is 2.18. The van der Waals surface area contributed by atoms with Crippen LogP contribution in [0.1, 0.15) is 23.1 Å². The van der Waals surface area contributed by atoms with Crippen LogP contribution in [0.15, 0.2) is 16.7 Å². The smallest absolute Gasteiger partial charge is 0.0738 e. The monoisotopic (exact) mass is 311 g/mol. The minimum atomic E-state index is 0.226. The van der Waals surface area contributed by atoms with Gasteiger partial charge >= 0.3 is 0 Å². The highest BCUT2D eigenvalue weighted by atomic mass is 79.9. The Hall–Kier alpha value is -1.14. The van der Waals surface area contributed by atoms with Crippen molar-refractivity contribution in [1.29, 1.82) is 0 Å². The molecule has 1 atom stereocenters. The Bertz CT molecular complexity index is 543. The molecule has 0 bridgehead atoms. The van der Waals surface area contributed by atoms with Gasteiger partial charge in [0.1, 0.15) is 0 Å². The predicted octanol–water partition coefficient (Wildman–Crippen LogP) is 1.73. The fraction of sp³-hybridized carbons (Fsp3) is 0.500. The third kappa shape index (κ3) is 2.35. The molecule has 0 saturated heterocycles. The zero-order valence-corrected chi connectivity index (χ0v) is 12.7. The third-order valence-corrected chi connectivity index (χ3v) is 4.25. The Balaban J connectivity index is 2.29. The molecule has 0 saturated carbocycles. The van der Waals surface area contributed by atoms with E-state index in [2.05, 4.69) is 31.4 Å². The SMILES string of the molecule is CNC(Cc1c(Br)c(C)nn1C)c1ccnn1C. The van der Waals surface area contributed by atoms with Crippen molar-refractivity contribution in [2.45, 2.75) is 19.4 Å². The van der Waals surface area contributed by atoms with E-state index >= 15 is 0 Å². The second-order valence-electron chi connectivity index (χ2n) is 4.39. The summed E-state index contributed by atoms with van der Waals surface area (Å²) in [6, 6.07) is 2.27. The topological polar surface area (TPSA) is 47.7 Å². The number of likely N-dealkylation sites (N-methyl/N-ethyl adjacent to an activating group) is 1. The third-order valence-electron chi connectivity index (χ3n) is 3.22. The van der Waals surface area contributed by atoms with Crippen molar-refractivity contribution in [2.24, 2.45) is 14.1 Å². The van der Waals surface area contributed by atoms with E-state index in [0.717, 1.165) is 16.6 Å². The first-order valence-corrected chi connectivity index (χ1v) is 6.67. The molecule has 6 heteroatoms. The summed E-state index contributed by atoms with van der Waals surface area (Å²) in [6.07, 6.45) is 2.69. The molecule has 2 heterocycles. The number of aryl methyl sites for hydroxylation is 3. The molecular formula is C12H18BrN5. The highest BCUT2D eigenvalue weighted by Gasteiger charge is 2.19. The van der Waals surface area contributed by atoms with Gasteiger partial charge in [0.15, 0.2) is 0 Å². The summed E-state index contributed by atoms with van der Waals surface area (Å²) in [5.74, 6) is 0. The molecule has 2 aromatic rings.